The molecule has 0 radical (unpaired) electrons. The Kier molecular flexibility index (Phi) is 24.9. The monoisotopic (exact) mass is 1650 g/mol. The maximum absolute atomic E-state index is 8.89. The second-order valence-electron chi connectivity index (χ2n) is 33.5. The quantitative estimate of drug-likeness (QED) is 0.0966. The van der Waals surface area contributed by atoms with Crippen molar-refractivity contribution in [1.29, 1.82) is 0 Å². The third-order valence-corrected chi connectivity index (χ3v) is 31.2. The number of carboxylic acids is 1. The van der Waals surface area contributed by atoms with E-state index in [1.165, 1.54) is 165 Å². The minimum Gasteiger partial charge on any atom is -0.550 e. The van der Waals surface area contributed by atoms with Gasteiger partial charge < -0.3 is 56.4 Å². The van der Waals surface area contributed by atoms with Gasteiger partial charge in [0.2, 0.25) is 0 Å². The predicted molar refractivity (Wildman–Crippen MR) is 479 cm³/mol. The van der Waals surface area contributed by atoms with Crippen LogP contribution in [0.5, 0.6) is 11.5 Å². The molecule has 20 heteroatoms. The van der Waals surface area contributed by atoms with Crippen molar-refractivity contribution < 1.29 is 76.9 Å². The summed E-state index contributed by atoms with van der Waals surface area (Å²) in [4.78, 5) is 8.89. The van der Waals surface area contributed by atoms with E-state index in [2.05, 4.69) is 259 Å². The number of halogens is 1. The van der Waals surface area contributed by atoms with E-state index < -0.39 is 20.0 Å². The number of thiophene rings is 2. The Labute approximate surface area is 712 Å². The molecule has 3 aliphatic heterocycles. The molecule has 0 N–H and O–H groups in total. The summed E-state index contributed by atoms with van der Waals surface area (Å²) >= 11 is 7.38. The van der Waals surface area contributed by atoms with Crippen LogP contribution in [0.15, 0.2) is 217 Å². The van der Waals surface area contributed by atoms with E-state index in [0.717, 1.165) is 45.2 Å². The van der Waals surface area contributed by atoms with Crippen molar-refractivity contribution in [3.8, 4) is 34.0 Å². The molecule has 0 spiro atoms. The van der Waals surface area contributed by atoms with Gasteiger partial charge in [0.05, 0.1) is 96.2 Å². The summed E-state index contributed by atoms with van der Waals surface area (Å²) in [5.74, 6) is 0.748. The molecule has 12 nitrogen and oxygen atoms in total. The van der Waals surface area contributed by atoms with Gasteiger partial charge in [-0.2, -0.15) is 0 Å². The van der Waals surface area contributed by atoms with Crippen molar-refractivity contribution in [1.82, 2.24) is 9.13 Å². The Hall–Kier alpha value is -6.83. The zero-order chi connectivity index (χ0) is 79.5. The summed E-state index contributed by atoms with van der Waals surface area (Å²) in [5.41, 5.74) is 10.5. The van der Waals surface area contributed by atoms with Crippen LogP contribution in [0.4, 0.5) is 0 Å². The molecule has 3 saturated heterocycles. The number of methoxy groups -OCH3 is 2. The molecule has 19 rings (SSSR count). The minimum absolute atomic E-state index is 0. The number of fused-ring (bicyclic) bond motifs is 12. The Balaban J connectivity index is 0.000000126. The van der Waals surface area contributed by atoms with Gasteiger partial charge in [-0.25, -0.2) is 0 Å². The molecular formula is C94H102B3BrN2NaO10PS2. The number of nitrogens with zero attached hydrogens (tertiary/aromatic N) is 2. The summed E-state index contributed by atoms with van der Waals surface area (Å²) in [6.07, 6.45) is 14.2. The molecule has 14 aromatic rings. The second kappa shape index (κ2) is 33.9. The van der Waals surface area contributed by atoms with Gasteiger partial charge in [0.25, 0.3) is 0 Å². The van der Waals surface area contributed by atoms with Crippen LogP contribution < -0.4 is 54.9 Å². The summed E-state index contributed by atoms with van der Waals surface area (Å²) in [5, 5.41) is 20.8. The maximum atomic E-state index is 8.89. The standard InChI is InChI=1S/C30H26BNO2S.C26H35O2P.C24H14BrNS.C12H24B2O4.C2H4O2.Na/c1-29(2)30(3,4)34-31(33-29)19-16-17-25-23(18-19)20-10-5-7-13-24(20)32(25)26-14-9-12-22-21-11-6-8-15-27(21)35-28(22)26;1-27-23-17-11-18-24(28-2)26(23)22-16-9-10-19-25(22)29(20-12-5-3-6-13-20)21-14-7-4-8-15-21;25-15-12-13-21-19(14-15)16-6-1-3-9-20(16)26(21)22-10-5-8-18-17-7-2-4-11-23(17)27-24(18)22;1-9(2)10(3,4)16-13(15-9)14-17-11(5,6)12(7,8)18-14;1-2(3)4;/h5-18H,1-4H3;9-11,16-21H,3-8,12-15H2,1-2H3;1-14H;1-8H3;1H3,(H,3,4);/q;;;;;+1/p-1. The van der Waals surface area contributed by atoms with Gasteiger partial charge in [-0.1, -0.05) is 202 Å². The number of hydrogen-bond donors (Lipinski definition) is 0. The fourth-order valence-corrected chi connectivity index (χ4v) is 23.6. The topological polar surface area (TPSA) is 124 Å². The van der Waals surface area contributed by atoms with E-state index in [1.54, 1.807) is 19.5 Å². The van der Waals surface area contributed by atoms with Crippen LogP contribution in [0.25, 0.3) is 106 Å². The molecule has 2 saturated carbocycles. The predicted octanol–water partition coefficient (Wildman–Crippen LogP) is 20.5. The van der Waals surface area contributed by atoms with Gasteiger partial charge in [-0.05, 0) is 216 Å². The number of carbonyl (C=O) groups is 1. The number of ether oxygens (including phenoxy) is 2. The molecule has 0 unspecified atom stereocenters. The molecule has 5 fully saturated rings. The van der Waals surface area contributed by atoms with Gasteiger partial charge in [0.15, 0.2) is 0 Å². The zero-order valence-corrected chi connectivity index (χ0v) is 74.9. The van der Waals surface area contributed by atoms with Crippen molar-refractivity contribution in [2.75, 3.05) is 14.2 Å². The number of carboxylic acid groups (broad SMARTS) is 1. The summed E-state index contributed by atoms with van der Waals surface area (Å²) in [6, 6.07) is 76.5. The minimum atomic E-state index is -1.08. The second-order valence-corrected chi connectivity index (χ2v) is 39.3. The normalized spacial score (nSPS) is 18.2. The number of rotatable bonds is 10. The Bertz CT molecular complexity index is 5720. The van der Waals surface area contributed by atoms with Crippen molar-refractivity contribution in [2.45, 2.75) is 199 Å². The molecule has 10 aromatic carbocycles. The van der Waals surface area contributed by atoms with Crippen LogP contribution in [-0.4, -0.2) is 95.4 Å². The fraction of sp³-hybridized carbons (Fsp3) is 0.351. The Morgan fingerprint density at radius 1 is 0.430 bits per heavy atom. The van der Waals surface area contributed by atoms with Crippen molar-refractivity contribution in [3.05, 3.63) is 217 Å². The number of benzene rings is 10. The number of para-hydroxylation sites is 2. The number of aromatic nitrogens is 2. The first kappa shape index (κ1) is 83.7. The van der Waals surface area contributed by atoms with Crippen molar-refractivity contribution in [3.63, 3.8) is 0 Å². The summed E-state index contributed by atoms with van der Waals surface area (Å²) < 4.78 is 59.4. The van der Waals surface area contributed by atoms with Crippen LogP contribution in [0.1, 0.15) is 154 Å². The van der Waals surface area contributed by atoms with Crippen molar-refractivity contribution in [2.24, 2.45) is 0 Å². The van der Waals surface area contributed by atoms with E-state index in [-0.39, 0.29) is 78.2 Å². The Morgan fingerprint density at radius 3 is 1.24 bits per heavy atom. The molecule has 114 heavy (non-hydrogen) atoms. The third-order valence-electron chi connectivity index (χ3n) is 24.7. The van der Waals surface area contributed by atoms with E-state index in [1.807, 2.05) is 84.1 Å². The first-order valence-corrected chi connectivity index (χ1v) is 43.9. The van der Waals surface area contributed by atoms with Crippen LogP contribution in [0.2, 0.25) is 0 Å². The number of carbonyl (C=O) groups excluding carboxylic acids is 1. The average molecular weight is 1650 g/mol. The van der Waals surface area contributed by atoms with E-state index >= 15 is 0 Å². The fourth-order valence-electron chi connectivity index (χ4n) is 16.8. The molecule has 4 aromatic heterocycles. The zero-order valence-electron chi connectivity index (χ0n) is 68.8. The smallest absolute Gasteiger partial charge is 0.550 e. The number of hydrogen-bond acceptors (Lipinski definition) is 12. The summed E-state index contributed by atoms with van der Waals surface area (Å²) in [7, 11) is 2.03. The van der Waals surface area contributed by atoms with Gasteiger partial charge in [0, 0.05) is 62.9 Å². The molecule has 0 amide bonds. The van der Waals surface area contributed by atoms with Crippen LogP contribution in [0.3, 0.4) is 0 Å². The number of aliphatic carboxylic acids is 1. The van der Waals surface area contributed by atoms with Crippen LogP contribution in [-0.2, 0) is 32.7 Å². The van der Waals surface area contributed by atoms with Crippen molar-refractivity contribution >= 4 is 168 Å². The largest absolute Gasteiger partial charge is 1.00 e. The molecule has 0 bridgehead atoms. The third kappa shape index (κ3) is 16.2. The van der Waals surface area contributed by atoms with E-state index in [4.69, 9.17) is 47.3 Å². The van der Waals surface area contributed by atoms with Crippen LogP contribution >= 0.6 is 46.5 Å². The molecule has 582 valence electrons. The molecule has 2 aliphatic carbocycles. The molecule has 7 heterocycles. The molecule has 5 aliphatic rings. The maximum Gasteiger partial charge on any atom is 1.00 e. The SMILES string of the molecule is Brc1ccc2c(c1)c1ccccc1n2-c1cccc2c1sc1ccccc12.CC(=O)[O-].CC1(C)OB(B2OC(C)(C)C(C)(C)O2)OC1(C)C.CC1(C)OB(c2ccc3c(c2)c2ccccc2n3-c2cccc3c2sc2ccccc23)OC1(C)C.COc1cccc(OC)c1-c1ccccc1P(C1CCCCC1)C1CCCCC1.[Na+]. The van der Waals surface area contributed by atoms with E-state index in [9.17, 15) is 0 Å². The van der Waals surface area contributed by atoms with E-state index in [0.29, 0.717) is 0 Å². The summed E-state index contributed by atoms with van der Waals surface area (Å²) in [6.45, 7) is 25.6. The van der Waals surface area contributed by atoms with Gasteiger partial charge in [0.1, 0.15) is 11.5 Å². The molecular weight excluding hydrogens is 1550 g/mol. The average Bonchev–Trinajstić information content (AvgIpc) is 1.57. The first-order valence-electron chi connectivity index (χ1n) is 40.0. The first-order chi connectivity index (χ1) is 54.1. The van der Waals surface area contributed by atoms with Gasteiger partial charge in [-0.15, -0.1) is 22.7 Å². The molecule has 0 atom stereocenters. The Morgan fingerprint density at radius 2 is 0.789 bits per heavy atom. The van der Waals surface area contributed by atoms with Gasteiger partial charge in [-0.3, -0.25) is 0 Å². The van der Waals surface area contributed by atoms with Gasteiger partial charge >= 0.3 is 50.7 Å². The van der Waals surface area contributed by atoms with Crippen LogP contribution in [0, 0.1) is 0 Å².